The minimum absolute atomic E-state index is 0.272. The molecule has 1 aromatic carbocycles. The highest BCUT2D eigenvalue weighted by atomic mass is 79.9. The summed E-state index contributed by atoms with van der Waals surface area (Å²) in [5.74, 6) is -1.35. The van der Waals surface area contributed by atoms with Gasteiger partial charge in [-0.05, 0) is 12.1 Å². The maximum Gasteiger partial charge on any atom is 0.282 e. The van der Waals surface area contributed by atoms with E-state index in [1.165, 1.54) is 0 Å². The second-order valence-electron chi connectivity index (χ2n) is 2.86. The first-order valence-electron chi connectivity index (χ1n) is 4.34. The molecule has 0 fully saturated rings. The topological polar surface area (TPSA) is 72.2 Å². The van der Waals surface area contributed by atoms with Crippen molar-refractivity contribution in [3.63, 3.8) is 0 Å². The number of hydrogen-bond acceptors (Lipinski definition) is 3. The summed E-state index contributed by atoms with van der Waals surface area (Å²) >= 11 is 3.09. The second kappa shape index (κ2) is 5.55. The van der Waals surface area contributed by atoms with Gasteiger partial charge in [-0.3, -0.25) is 14.9 Å². The zero-order chi connectivity index (χ0) is 12.1. The number of rotatable bonds is 4. The van der Waals surface area contributed by atoms with E-state index in [4.69, 9.17) is 0 Å². The molecule has 0 aliphatic carbocycles. The number of halogens is 2. The summed E-state index contributed by atoms with van der Waals surface area (Å²) in [7, 11) is 0. The van der Waals surface area contributed by atoms with Crippen molar-refractivity contribution in [2.75, 3.05) is 11.9 Å². The minimum atomic E-state index is -0.720. The molecule has 0 radical (unpaired) electrons. The normalized spacial score (nSPS) is 9.88. The molecule has 1 amide bonds. The number of hydrogen-bond donors (Lipinski definition) is 1. The first-order chi connectivity index (χ1) is 7.56. The number of amides is 1. The highest BCUT2D eigenvalue weighted by Gasteiger charge is 2.20. The third-order valence-electron chi connectivity index (χ3n) is 1.78. The Morgan fingerprint density at radius 1 is 1.56 bits per heavy atom. The van der Waals surface area contributed by atoms with Crippen molar-refractivity contribution < 1.29 is 14.1 Å². The number of benzene rings is 1. The van der Waals surface area contributed by atoms with Crippen molar-refractivity contribution in [2.24, 2.45) is 0 Å². The van der Waals surface area contributed by atoms with E-state index in [9.17, 15) is 19.3 Å². The first kappa shape index (κ1) is 12.6. The molecular weight excluding hydrogens is 283 g/mol. The van der Waals surface area contributed by atoms with Gasteiger partial charge in [-0.15, -0.1) is 0 Å². The maximum absolute atomic E-state index is 12.9. The Kier molecular flexibility index (Phi) is 4.36. The molecule has 0 aliphatic rings. The quantitative estimate of drug-likeness (QED) is 0.523. The van der Waals surface area contributed by atoms with Crippen LogP contribution < -0.4 is 5.32 Å². The third kappa shape index (κ3) is 2.99. The van der Waals surface area contributed by atoms with Crippen molar-refractivity contribution in [2.45, 2.75) is 0 Å². The molecule has 1 aromatic rings. The Hall–Kier alpha value is -1.50. The molecule has 0 aliphatic heterocycles. The van der Waals surface area contributed by atoms with Gasteiger partial charge in [0, 0.05) is 17.9 Å². The van der Waals surface area contributed by atoms with Crippen molar-refractivity contribution in [1.29, 1.82) is 0 Å². The number of nitro groups is 1. The molecule has 0 saturated heterocycles. The summed E-state index contributed by atoms with van der Waals surface area (Å²) in [5, 5.41) is 13.5. The summed E-state index contributed by atoms with van der Waals surface area (Å²) < 4.78 is 12.9. The van der Waals surface area contributed by atoms with Crippen molar-refractivity contribution in [3.8, 4) is 0 Å². The molecule has 0 atom stereocenters. The van der Waals surface area contributed by atoms with Crippen molar-refractivity contribution in [1.82, 2.24) is 5.32 Å². The fourth-order valence-electron chi connectivity index (χ4n) is 1.11. The highest BCUT2D eigenvalue weighted by Crippen LogP contribution is 2.19. The van der Waals surface area contributed by atoms with E-state index in [1.54, 1.807) is 0 Å². The molecule has 1 rings (SSSR count). The third-order valence-corrected chi connectivity index (χ3v) is 2.18. The SMILES string of the molecule is O=C(NCCBr)c1cc(F)ccc1[N+](=O)[O-]. The predicted molar refractivity (Wildman–Crippen MR) is 59.2 cm³/mol. The molecule has 1 N–H and O–H groups in total. The lowest BCUT2D eigenvalue weighted by Gasteiger charge is -2.03. The van der Waals surface area contributed by atoms with E-state index in [0.717, 1.165) is 18.2 Å². The van der Waals surface area contributed by atoms with E-state index in [-0.39, 0.29) is 5.56 Å². The van der Waals surface area contributed by atoms with Crippen LogP contribution in [0.5, 0.6) is 0 Å². The van der Waals surface area contributed by atoms with Crippen LogP contribution in [0.25, 0.3) is 0 Å². The van der Waals surface area contributed by atoms with Crippen LogP contribution in [-0.2, 0) is 0 Å². The molecule has 0 unspecified atom stereocenters. The number of carbonyl (C=O) groups is 1. The van der Waals surface area contributed by atoms with E-state index < -0.39 is 22.3 Å². The van der Waals surface area contributed by atoms with Crippen molar-refractivity contribution >= 4 is 27.5 Å². The van der Waals surface area contributed by atoms with Crippen molar-refractivity contribution in [3.05, 3.63) is 39.7 Å². The van der Waals surface area contributed by atoms with Gasteiger partial charge in [0.25, 0.3) is 11.6 Å². The van der Waals surface area contributed by atoms with E-state index >= 15 is 0 Å². The summed E-state index contributed by atoms with van der Waals surface area (Å²) in [5.41, 5.74) is -0.681. The summed E-state index contributed by atoms with van der Waals surface area (Å²) in [6, 6.07) is 2.76. The zero-order valence-electron chi connectivity index (χ0n) is 8.07. The summed E-state index contributed by atoms with van der Waals surface area (Å²) in [6.07, 6.45) is 0. The van der Waals surface area contributed by atoms with Gasteiger partial charge in [-0.25, -0.2) is 4.39 Å². The van der Waals surface area contributed by atoms with Crippen LogP contribution in [0.15, 0.2) is 18.2 Å². The maximum atomic E-state index is 12.9. The molecule has 0 heterocycles. The first-order valence-corrected chi connectivity index (χ1v) is 5.46. The van der Waals surface area contributed by atoms with Crippen LogP contribution in [-0.4, -0.2) is 22.7 Å². The second-order valence-corrected chi connectivity index (χ2v) is 3.66. The van der Waals surface area contributed by atoms with Crippen LogP contribution in [0.2, 0.25) is 0 Å². The van der Waals surface area contributed by atoms with Gasteiger partial charge in [-0.1, -0.05) is 15.9 Å². The predicted octanol–water partition coefficient (Wildman–Crippen LogP) is 1.86. The van der Waals surface area contributed by atoms with Gasteiger partial charge < -0.3 is 5.32 Å². The minimum Gasteiger partial charge on any atom is -0.351 e. The monoisotopic (exact) mass is 290 g/mol. The van der Waals surface area contributed by atoms with Crippen LogP contribution in [0.3, 0.4) is 0 Å². The summed E-state index contributed by atoms with van der Waals surface area (Å²) in [4.78, 5) is 21.4. The Labute approximate surface area is 98.9 Å². The number of alkyl halides is 1. The van der Waals surface area contributed by atoms with Gasteiger partial charge >= 0.3 is 0 Å². The molecule has 0 spiro atoms. The average Bonchev–Trinajstić information content (AvgIpc) is 2.25. The Morgan fingerprint density at radius 3 is 2.81 bits per heavy atom. The molecule has 16 heavy (non-hydrogen) atoms. The number of nitrogens with zero attached hydrogens (tertiary/aromatic N) is 1. The lowest BCUT2D eigenvalue weighted by molar-refractivity contribution is -0.385. The van der Waals surface area contributed by atoms with E-state index in [1.807, 2.05) is 0 Å². The lowest BCUT2D eigenvalue weighted by atomic mass is 10.1. The fourth-order valence-corrected chi connectivity index (χ4v) is 1.30. The molecule has 0 saturated carbocycles. The molecule has 7 heteroatoms. The van der Waals surface area contributed by atoms with Gasteiger partial charge in [-0.2, -0.15) is 0 Å². The number of carbonyl (C=O) groups excluding carboxylic acids is 1. The van der Waals surface area contributed by atoms with Crippen LogP contribution in [0.4, 0.5) is 10.1 Å². The van der Waals surface area contributed by atoms with E-state index in [0.29, 0.717) is 11.9 Å². The zero-order valence-corrected chi connectivity index (χ0v) is 9.66. The fraction of sp³-hybridized carbons (Fsp3) is 0.222. The average molecular weight is 291 g/mol. The largest absolute Gasteiger partial charge is 0.351 e. The van der Waals surface area contributed by atoms with Gasteiger partial charge in [0.2, 0.25) is 0 Å². The van der Waals surface area contributed by atoms with Crippen LogP contribution in [0.1, 0.15) is 10.4 Å². The molecule has 86 valence electrons. The Bertz CT molecular complexity index is 425. The Morgan fingerprint density at radius 2 is 2.25 bits per heavy atom. The van der Waals surface area contributed by atoms with Crippen LogP contribution >= 0.6 is 15.9 Å². The molecular formula is C9H8BrFN2O3. The van der Waals surface area contributed by atoms with E-state index in [2.05, 4.69) is 21.2 Å². The Balaban J connectivity index is 3.04. The van der Waals surface area contributed by atoms with Gasteiger partial charge in [0.15, 0.2) is 0 Å². The summed E-state index contributed by atoms with van der Waals surface area (Å²) in [6.45, 7) is 0.312. The standard InChI is InChI=1S/C9H8BrFN2O3/c10-3-4-12-9(14)7-5-6(11)1-2-8(7)13(15)16/h1-2,5H,3-4H2,(H,12,14). The van der Waals surface area contributed by atoms with Crippen LogP contribution in [0, 0.1) is 15.9 Å². The molecule has 0 aromatic heterocycles. The van der Waals surface area contributed by atoms with Gasteiger partial charge in [0.05, 0.1) is 4.92 Å². The highest BCUT2D eigenvalue weighted by molar-refractivity contribution is 9.09. The number of nitrogens with one attached hydrogen (secondary N) is 1. The number of nitro benzene ring substituents is 1. The molecule has 0 bridgehead atoms. The molecule has 5 nitrogen and oxygen atoms in total. The van der Waals surface area contributed by atoms with Gasteiger partial charge in [0.1, 0.15) is 11.4 Å². The lowest BCUT2D eigenvalue weighted by Crippen LogP contribution is -2.26. The smallest absolute Gasteiger partial charge is 0.282 e.